The first-order valence-electron chi connectivity index (χ1n) is 10.1. The van der Waals surface area contributed by atoms with Crippen LogP contribution in [0.5, 0.6) is 11.5 Å². The Labute approximate surface area is 217 Å². The molecular formula is C24H17FIN3O5S. The molecule has 3 aromatic carbocycles. The number of methoxy groups -OCH3 is 1. The lowest BCUT2D eigenvalue weighted by atomic mass is 10.1. The smallest absolute Gasteiger partial charge is 0.269 e. The van der Waals surface area contributed by atoms with Crippen LogP contribution in [0.3, 0.4) is 0 Å². The summed E-state index contributed by atoms with van der Waals surface area (Å²) in [5, 5.41) is 14.1. The van der Waals surface area contributed by atoms with Crippen molar-refractivity contribution in [1.29, 1.82) is 0 Å². The molecule has 0 radical (unpaired) electrons. The third kappa shape index (κ3) is 6.17. The molecule has 1 fully saturated rings. The average molecular weight is 605 g/mol. The number of non-ortho nitro benzene ring substituents is 1. The van der Waals surface area contributed by atoms with Gasteiger partial charge in [-0.05, 0) is 88.0 Å². The lowest BCUT2D eigenvalue weighted by molar-refractivity contribution is -0.384. The summed E-state index contributed by atoms with van der Waals surface area (Å²) in [5.74, 6) is 0.288. The van der Waals surface area contributed by atoms with E-state index in [-0.39, 0.29) is 24.0 Å². The van der Waals surface area contributed by atoms with E-state index >= 15 is 0 Å². The van der Waals surface area contributed by atoms with Crippen molar-refractivity contribution in [3.63, 3.8) is 0 Å². The number of rotatable bonds is 7. The number of nitrogens with zero attached hydrogens (tertiary/aromatic N) is 2. The fraction of sp³-hybridized carbons (Fsp3) is 0.0833. The summed E-state index contributed by atoms with van der Waals surface area (Å²) in [5.41, 5.74) is 1.88. The minimum atomic E-state index is -0.455. The Morgan fingerprint density at radius 1 is 1.20 bits per heavy atom. The monoisotopic (exact) mass is 605 g/mol. The number of nitro groups is 1. The quantitative estimate of drug-likeness (QED) is 0.158. The molecule has 0 aromatic heterocycles. The number of halogens is 2. The van der Waals surface area contributed by atoms with Crippen LogP contribution in [-0.2, 0) is 11.4 Å². The number of carbonyl (C=O) groups excluding carboxylic acids is 1. The second-order valence-corrected chi connectivity index (χ2v) is 9.40. The van der Waals surface area contributed by atoms with E-state index < -0.39 is 4.92 Å². The summed E-state index contributed by atoms with van der Waals surface area (Å²) in [4.78, 5) is 27.7. The molecule has 0 spiro atoms. The van der Waals surface area contributed by atoms with Gasteiger partial charge in [0.25, 0.3) is 11.6 Å². The number of carbonyl (C=O) groups is 1. The molecule has 1 aliphatic heterocycles. The number of benzene rings is 3. The van der Waals surface area contributed by atoms with Gasteiger partial charge in [-0.25, -0.2) is 9.38 Å². The van der Waals surface area contributed by atoms with Gasteiger partial charge in [0.05, 0.1) is 26.2 Å². The van der Waals surface area contributed by atoms with Crippen molar-refractivity contribution < 1.29 is 23.6 Å². The number of hydrogen-bond donors (Lipinski definition) is 1. The fourth-order valence-electron chi connectivity index (χ4n) is 3.14. The van der Waals surface area contributed by atoms with E-state index in [1.54, 1.807) is 24.3 Å². The van der Waals surface area contributed by atoms with Gasteiger partial charge in [0.1, 0.15) is 12.4 Å². The van der Waals surface area contributed by atoms with Crippen LogP contribution >= 0.6 is 34.4 Å². The Hall–Kier alpha value is -3.45. The molecule has 0 saturated carbocycles. The highest BCUT2D eigenvalue weighted by molar-refractivity contribution is 14.1. The molecule has 35 heavy (non-hydrogen) atoms. The zero-order chi connectivity index (χ0) is 24.9. The highest BCUT2D eigenvalue weighted by atomic mass is 127. The van der Waals surface area contributed by atoms with E-state index in [4.69, 9.17) is 9.47 Å². The van der Waals surface area contributed by atoms with E-state index in [1.807, 2.05) is 6.07 Å². The Bertz CT molecular complexity index is 1360. The number of amidine groups is 1. The summed E-state index contributed by atoms with van der Waals surface area (Å²) in [6, 6.07) is 15.4. The number of aliphatic imine (C=N–C) groups is 1. The molecule has 1 saturated heterocycles. The van der Waals surface area contributed by atoms with E-state index in [0.717, 1.165) is 9.13 Å². The Morgan fingerprint density at radius 2 is 1.97 bits per heavy atom. The van der Waals surface area contributed by atoms with Crippen LogP contribution in [0.15, 0.2) is 70.6 Å². The van der Waals surface area contributed by atoms with Gasteiger partial charge in [0.15, 0.2) is 16.7 Å². The topological polar surface area (TPSA) is 103 Å². The molecule has 1 N–H and O–H groups in total. The van der Waals surface area contributed by atoms with Crippen LogP contribution in [0.1, 0.15) is 11.1 Å². The fourth-order valence-corrected chi connectivity index (χ4v) is 4.77. The summed E-state index contributed by atoms with van der Waals surface area (Å²) in [6.45, 7) is 0.121. The van der Waals surface area contributed by atoms with Crippen molar-refractivity contribution in [2.45, 2.75) is 6.61 Å². The molecule has 3 aromatic rings. The van der Waals surface area contributed by atoms with Gasteiger partial charge in [-0.3, -0.25) is 14.9 Å². The molecule has 0 aliphatic carbocycles. The van der Waals surface area contributed by atoms with Crippen molar-refractivity contribution >= 4 is 62.9 Å². The molecular weight excluding hydrogens is 588 g/mol. The molecule has 1 amide bonds. The van der Waals surface area contributed by atoms with Gasteiger partial charge in [0.2, 0.25) is 0 Å². The molecule has 0 bridgehead atoms. The zero-order valence-electron chi connectivity index (χ0n) is 18.2. The van der Waals surface area contributed by atoms with E-state index in [2.05, 4.69) is 32.9 Å². The van der Waals surface area contributed by atoms with Gasteiger partial charge < -0.3 is 14.8 Å². The van der Waals surface area contributed by atoms with Crippen LogP contribution in [0, 0.1) is 19.5 Å². The van der Waals surface area contributed by atoms with Crippen molar-refractivity contribution in [3.8, 4) is 11.5 Å². The number of nitro benzene ring substituents is 1. The standard InChI is InChI=1S/C24H17FIN3O5S/c1-33-20-11-15(10-19(26)22(20)34-13-14-3-2-4-18(9-14)29(31)32)12-21-23(30)28-24(35-21)27-17-7-5-16(25)6-8-17/h2-12H,13H2,1H3,(H,27,28,30)/b21-12-. The number of amides is 1. The Morgan fingerprint density at radius 3 is 2.69 bits per heavy atom. The minimum Gasteiger partial charge on any atom is -0.493 e. The maximum absolute atomic E-state index is 13.1. The first kappa shape index (κ1) is 24.7. The average Bonchev–Trinajstić information content (AvgIpc) is 3.17. The van der Waals surface area contributed by atoms with Crippen LogP contribution in [0.4, 0.5) is 15.8 Å². The van der Waals surface area contributed by atoms with Crippen LogP contribution in [-0.4, -0.2) is 23.1 Å². The predicted octanol–water partition coefficient (Wildman–Crippen LogP) is 5.82. The van der Waals surface area contributed by atoms with E-state index in [0.29, 0.717) is 32.8 Å². The third-order valence-corrected chi connectivity index (χ3v) is 6.47. The summed E-state index contributed by atoms with van der Waals surface area (Å²) in [6.07, 6.45) is 1.71. The predicted molar refractivity (Wildman–Crippen MR) is 140 cm³/mol. The molecule has 4 rings (SSSR count). The maximum Gasteiger partial charge on any atom is 0.269 e. The normalized spacial score (nSPS) is 15.3. The first-order chi connectivity index (χ1) is 16.8. The van der Waals surface area contributed by atoms with Crippen LogP contribution in [0.2, 0.25) is 0 Å². The molecule has 1 aliphatic rings. The third-order valence-electron chi connectivity index (χ3n) is 4.76. The lowest BCUT2D eigenvalue weighted by Gasteiger charge is -2.14. The first-order valence-corrected chi connectivity index (χ1v) is 12.0. The van der Waals surface area contributed by atoms with Crippen molar-refractivity contribution in [2.75, 3.05) is 7.11 Å². The number of ether oxygens (including phenoxy) is 2. The number of hydrogen-bond acceptors (Lipinski definition) is 7. The van der Waals surface area contributed by atoms with Gasteiger partial charge >= 0.3 is 0 Å². The van der Waals surface area contributed by atoms with Gasteiger partial charge in [0, 0.05) is 12.1 Å². The van der Waals surface area contributed by atoms with Crippen molar-refractivity contribution in [2.24, 2.45) is 4.99 Å². The zero-order valence-corrected chi connectivity index (χ0v) is 21.1. The van der Waals surface area contributed by atoms with E-state index in [9.17, 15) is 19.3 Å². The molecule has 0 atom stereocenters. The van der Waals surface area contributed by atoms with Gasteiger partial charge in [-0.15, -0.1) is 0 Å². The Kier molecular flexibility index (Phi) is 7.66. The molecule has 0 unspecified atom stereocenters. The largest absolute Gasteiger partial charge is 0.493 e. The maximum atomic E-state index is 13.1. The van der Waals surface area contributed by atoms with Crippen LogP contribution in [0.25, 0.3) is 6.08 Å². The SMILES string of the molecule is COc1cc(/C=C2\SC(=Nc3ccc(F)cc3)NC2=O)cc(I)c1OCc1cccc([N+](=O)[O-])c1. The van der Waals surface area contributed by atoms with Crippen molar-refractivity contribution in [3.05, 3.63) is 96.2 Å². The van der Waals surface area contributed by atoms with Crippen molar-refractivity contribution in [1.82, 2.24) is 5.32 Å². The second kappa shape index (κ2) is 10.9. The molecule has 1 heterocycles. The summed E-state index contributed by atoms with van der Waals surface area (Å²) in [7, 11) is 1.51. The van der Waals surface area contributed by atoms with Gasteiger partial charge in [-0.1, -0.05) is 12.1 Å². The molecule has 8 nitrogen and oxygen atoms in total. The molecule has 11 heteroatoms. The second-order valence-electron chi connectivity index (χ2n) is 7.21. The van der Waals surface area contributed by atoms with E-state index in [1.165, 1.54) is 55.3 Å². The summed E-state index contributed by atoms with van der Waals surface area (Å²) < 4.78 is 25.2. The highest BCUT2D eigenvalue weighted by Gasteiger charge is 2.24. The van der Waals surface area contributed by atoms with Crippen LogP contribution < -0.4 is 14.8 Å². The molecule has 178 valence electrons. The Balaban J connectivity index is 1.52. The minimum absolute atomic E-state index is 0.00980. The number of thioether (sulfide) groups is 1. The number of nitrogens with one attached hydrogen (secondary N) is 1. The lowest BCUT2D eigenvalue weighted by Crippen LogP contribution is -2.19. The van der Waals surface area contributed by atoms with Gasteiger partial charge in [-0.2, -0.15) is 0 Å². The summed E-state index contributed by atoms with van der Waals surface area (Å²) >= 11 is 3.28. The highest BCUT2D eigenvalue weighted by Crippen LogP contribution is 2.36.